The van der Waals surface area contributed by atoms with Crippen molar-refractivity contribution >= 4 is 0 Å². The molecule has 4 saturated carbocycles. The van der Waals surface area contributed by atoms with E-state index in [1.807, 2.05) is 24.9 Å². The fraction of sp³-hybridized carbons (Fsp3) is 0.625. The summed E-state index contributed by atoms with van der Waals surface area (Å²) in [6.07, 6.45) is 18.4. The molecule has 4 bridgehead atoms. The summed E-state index contributed by atoms with van der Waals surface area (Å²) in [4.78, 5) is 8.78. The van der Waals surface area contributed by atoms with Gasteiger partial charge in [-0.05, 0) is 56.3 Å². The Bertz CT molecular complexity index is 589. The highest BCUT2D eigenvalue weighted by Gasteiger charge is 2.52. The zero-order valence-corrected chi connectivity index (χ0v) is 11.7. The molecule has 0 aromatic carbocycles. The molecule has 0 spiro atoms. The summed E-state index contributed by atoms with van der Waals surface area (Å²) in [5.41, 5.74) is 0.338. The number of rotatable bonds is 2. The van der Waals surface area contributed by atoms with E-state index < -0.39 is 0 Å². The van der Waals surface area contributed by atoms with Gasteiger partial charge in [0.05, 0.1) is 0 Å². The predicted molar refractivity (Wildman–Crippen MR) is 75.5 cm³/mol. The summed E-state index contributed by atoms with van der Waals surface area (Å²) in [5, 5.41) is 0. The Morgan fingerprint density at radius 2 is 1.65 bits per heavy atom. The third kappa shape index (κ3) is 1.42. The molecule has 104 valence electrons. The van der Waals surface area contributed by atoms with E-state index in [0.29, 0.717) is 5.54 Å². The first kappa shape index (κ1) is 11.1. The van der Waals surface area contributed by atoms with Gasteiger partial charge in [-0.2, -0.15) is 0 Å². The molecule has 2 aromatic heterocycles. The molecule has 4 nitrogen and oxygen atoms in total. The Morgan fingerprint density at radius 3 is 2.25 bits per heavy atom. The number of hydrogen-bond donors (Lipinski definition) is 0. The van der Waals surface area contributed by atoms with E-state index >= 15 is 0 Å². The molecule has 4 heteroatoms. The van der Waals surface area contributed by atoms with Crippen LogP contribution in [0.5, 0.6) is 0 Å². The minimum absolute atomic E-state index is 0.338. The van der Waals surface area contributed by atoms with Crippen molar-refractivity contribution in [2.75, 3.05) is 0 Å². The molecular formula is C16H20N4. The average Bonchev–Trinajstić information content (AvgIpc) is 3.08. The van der Waals surface area contributed by atoms with Crippen LogP contribution in [0.3, 0.4) is 0 Å². The van der Waals surface area contributed by atoms with Gasteiger partial charge in [-0.3, -0.25) is 4.57 Å². The molecule has 2 aromatic rings. The van der Waals surface area contributed by atoms with E-state index in [2.05, 4.69) is 25.3 Å². The van der Waals surface area contributed by atoms with E-state index in [1.165, 1.54) is 38.5 Å². The summed E-state index contributed by atoms with van der Waals surface area (Å²) >= 11 is 0. The smallest absolute Gasteiger partial charge is 0.215 e. The van der Waals surface area contributed by atoms with Crippen molar-refractivity contribution in [2.24, 2.45) is 17.8 Å². The van der Waals surface area contributed by atoms with Crippen LogP contribution in [0.4, 0.5) is 0 Å². The van der Waals surface area contributed by atoms with Crippen LogP contribution in [0, 0.1) is 17.8 Å². The lowest BCUT2D eigenvalue weighted by molar-refractivity contribution is -0.0430. The molecule has 0 atom stereocenters. The van der Waals surface area contributed by atoms with Gasteiger partial charge in [0, 0.05) is 30.3 Å². The molecule has 4 aliphatic carbocycles. The van der Waals surface area contributed by atoms with E-state index in [9.17, 15) is 0 Å². The molecule has 0 aliphatic heterocycles. The highest BCUT2D eigenvalue weighted by Crippen LogP contribution is 2.59. The van der Waals surface area contributed by atoms with E-state index in [4.69, 9.17) is 0 Å². The van der Waals surface area contributed by atoms with Crippen LogP contribution in [-0.2, 0) is 5.54 Å². The van der Waals surface area contributed by atoms with Crippen molar-refractivity contribution in [3.63, 3.8) is 0 Å². The lowest BCUT2D eigenvalue weighted by Crippen LogP contribution is -2.52. The first-order valence-electron chi connectivity index (χ1n) is 7.85. The van der Waals surface area contributed by atoms with Crippen LogP contribution in [0.15, 0.2) is 31.1 Å². The zero-order chi connectivity index (χ0) is 13.2. The molecule has 0 radical (unpaired) electrons. The fourth-order valence-electron chi connectivity index (χ4n) is 5.59. The summed E-state index contributed by atoms with van der Waals surface area (Å²) in [6.45, 7) is 0. The van der Waals surface area contributed by atoms with Gasteiger partial charge >= 0.3 is 0 Å². The van der Waals surface area contributed by atoms with Crippen molar-refractivity contribution in [1.82, 2.24) is 19.1 Å². The Kier molecular flexibility index (Phi) is 2.08. The first-order chi connectivity index (χ1) is 9.82. The Balaban J connectivity index is 1.62. The number of aromatic nitrogens is 4. The minimum atomic E-state index is 0.338. The van der Waals surface area contributed by atoms with Gasteiger partial charge in [-0.15, -0.1) is 0 Å². The second-order valence-corrected chi connectivity index (χ2v) is 7.21. The largest absolute Gasteiger partial charge is 0.311 e. The van der Waals surface area contributed by atoms with Crippen LogP contribution < -0.4 is 0 Å². The second-order valence-electron chi connectivity index (χ2n) is 7.21. The standard InChI is InChI=1S/C16H20N4/c1-3-19(11-17-1)15-18-2-4-20(15)16-8-12-5-13(9-16)7-14(6-12)10-16/h1-4,11-14H,5-10H2. The minimum Gasteiger partial charge on any atom is -0.311 e. The van der Waals surface area contributed by atoms with E-state index in [-0.39, 0.29) is 0 Å². The van der Waals surface area contributed by atoms with E-state index in [0.717, 1.165) is 23.7 Å². The van der Waals surface area contributed by atoms with Crippen molar-refractivity contribution in [3.05, 3.63) is 31.1 Å². The number of nitrogens with zero attached hydrogens (tertiary/aromatic N) is 4. The maximum atomic E-state index is 4.60. The van der Waals surface area contributed by atoms with Crippen LogP contribution in [-0.4, -0.2) is 19.1 Å². The lowest BCUT2D eigenvalue weighted by atomic mass is 9.53. The van der Waals surface area contributed by atoms with Crippen molar-refractivity contribution < 1.29 is 0 Å². The first-order valence-corrected chi connectivity index (χ1v) is 7.85. The number of hydrogen-bond acceptors (Lipinski definition) is 2. The topological polar surface area (TPSA) is 35.6 Å². The van der Waals surface area contributed by atoms with Gasteiger partial charge in [0.2, 0.25) is 5.95 Å². The second kappa shape index (κ2) is 3.74. The molecular weight excluding hydrogens is 248 g/mol. The molecule has 4 fully saturated rings. The highest BCUT2D eigenvalue weighted by molar-refractivity contribution is 5.19. The SMILES string of the molecule is c1cn(-c2nccn2C23CC4CC(CC(C4)C2)C3)cn1. The van der Waals surface area contributed by atoms with Crippen molar-refractivity contribution in [3.8, 4) is 5.95 Å². The monoisotopic (exact) mass is 268 g/mol. The lowest BCUT2D eigenvalue weighted by Gasteiger charge is -2.57. The summed E-state index contributed by atoms with van der Waals surface area (Å²) in [5.74, 6) is 3.92. The van der Waals surface area contributed by atoms with Gasteiger partial charge in [0.15, 0.2) is 0 Å². The quantitative estimate of drug-likeness (QED) is 0.839. The molecule has 20 heavy (non-hydrogen) atoms. The van der Waals surface area contributed by atoms with Crippen LogP contribution in [0.1, 0.15) is 38.5 Å². The third-order valence-electron chi connectivity index (χ3n) is 5.87. The Hall–Kier alpha value is -1.58. The average molecular weight is 268 g/mol. The fourth-order valence-corrected chi connectivity index (χ4v) is 5.59. The van der Waals surface area contributed by atoms with Crippen molar-refractivity contribution in [2.45, 2.75) is 44.1 Å². The normalized spacial score (nSPS) is 38.5. The summed E-state index contributed by atoms with van der Waals surface area (Å²) in [6, 6.07) is 0. The van der Waals surface area contributed by atoms with Gasteiger partial charge in [0.1, 0.15) is 6.33 Å². The zero-order valence-electron chi connectivity index (χ0n) is 11.7. The maximum Gasteiger partial charge on any atom is 0.215 e. The Morgan fingerprint density at radius 1 is 0.950 bits per heavy atom. The summed E-state index contributed by atoms with van der Waals surface area (Å²) < 4.78 is 4.53. The molecule has 0 amide bonds. The Labute approximate surface area is 118 Å². The van der Waals surface area contributed by atoms with Crippen LogP contribution >= 0.6 is 0 Å². The molecule has 0 N–H and O–H groups in total. The van der Waals surface area contributed by atoms with Gasteiger partial charge < -0.3 is 4.57 Å². The summed E-state index contributed by atoms with van der Waals surface area (Å²) in [7, 11) is 0. The van der Waals surface area contributed by atoms with Crippen LogP contribution in [0.25, 0.3) is 5.95 Å². The van der Waals surface area contributed by atoms with E-state index in [1.54, 1.807) is 0 Å². The van der Waals surface area contributed by atoms with Gasteiger partial charge in [-0.25, -0.2) is 9.97 Å². The van der Waals surface area contributed by atoms with Gasteiger partial charge in [0.25, 0.3) is 0 Å². The highest BCUT2D eigenvalue weighted by atomic mass is 15.3. The molecule has 2 heterocycles. The molecule has 6 rings (SSSR count). The molecule has 4 aliphatic rings. The number of imidazole rings is 2. The van der Waals surface area contributed by atoms with Crippen LogP contribution in [0.2, 0.25) is 0 Å². The van der Waals surface area contributed by atoms with Crippen molar-refractivity contribution in [1.29, 1.82) is 0 Å². The molecule has 0 saturated heterocycles. The maximum absolute atomic E-state index is 4.60. The third-order valence-corrected chi connectivity index (χ3v) is 5.87. The predicted octanol–water partition coefficient (Wildman–Crippen LogP) is 2.99. The molecule has 0 unspecified atom stereocenters. The van der Waals surface area contributed by atoms with Gasteiger partial charge in [-0.1, -0.05) is 0 Å².